The van der Waals surface area contributed by atoms with Crippen LogP contribution in [0.2, 0.25) is 0 Å². The molecule has 0 unspecified atom stereocenters. The van der Waals surface area contributed by atoms with Gasteiger partial charge < -0.3 is 5.73 Å². The Hall–Kier alpha value is -1.67. The fraction of sp³-hybridized carbons (Fsp3) is 0.154. The maximum absolute atomic E-state index is 5.72. The first-order valence-corrected chi connectivity index (χ1v) is 5.02. The van der Waals surface area contributed by atoms with Crippen LogP contribution in [0, 0.1) is 6.92 Å². The molecule has 2 nitrogen and oxygen atoms in total. The quantitative estimate of drug-likeness (QED) is 0.805. The Bertz CT molecular complexity index is 449. The van der Waals surface area contributed by atoms with Gasteiger partial charge >= 0.3 is 0 Å². The number of pyridine rings is 1. The first kappa shape index (κ1) is 9.87. The molecule has 0 amide bonds. The van der Waals surface area contributed by atoms with Crippen LogP contribution in [0.4, 0.5) is 0 Å². The van der Waals surface area contributed by atoms with E-state index >= 15 is 0 Å². The summed E-state index contributed by atoms with van der Waals surface area (Å²) >= 11 is 0. The number of aryl methyl sites for hydroxylation is 1. The third-order valence-corrected chi connectivity index (χ3v) is 2.50. The Morgan fingerprint density at radius 2 is 1.87 bits per heavy atom. The van der Waals surface area contributed by atoms with Gasteiger partial charge in [0.1, 0.15) is 0 Å². The van der Waals surface area contributed by atoms with E-state index in [2.05, 4.69) is 24.0 Å². The lowest BCUT2D eigenvalue weighted by Crippen LogP contribution is -2.01. The Balaban J connectivity index is 2.61. The molecule has 0 fully saturated rings. The molecule has 2 rings (SSSR count). The lowest BCUT2D eigenvalue weighted by atomic mass is 9.98. The molecule has 15 heavy (non-hydrogen) atoms. The van der Waals surface area contributed by atoms with E-state index in [1.165, 1.54) is 16.7 Å². The largest absolute Gasteiger partial charge is 0.326 e. The minimum Gasteiger partial charge on any atom is -0.326 e. The minimum absolute atomic E-state index is 0.527. The highest BCUT2D eigenvalue weighted by Gasteiger charge is 2.06. The van der Waals surface area contributed by atoms with E-state index < -0.39 is 0 Å². The topological polar surface area (TPSA) is 38.9 Å². The predicted octanol–water partition coefficient (Wildman–Crippen LogP) is 2.52. The van der Waals surface area contributed by atoms with Gasteiger partial charge in [0.25, 0.3) is 0 Å². The van der Waals surface area contributed by atoms with Crippen molar-refractivity contribution in [1.82, 2.24) is 4.98 Å². The van der Waals surface area contributed by atoms with Gasteiger partial charge in [0.05, 0.1) is 0 Å². The van der Waals surface area contributed by atoms with Crippen molar-refractivity contribution in [2.24, 2.45) is 5.73 Å². The number of benzene rings is 1. The van der Waals surface area contributed by atoms with Crippen LogP contribution in [0.1, 0.15) is 11.1 Å². The molecule has 0 radical (unpaired) electrons. The molecule has 0 saturated heterocycles. The summed E-state index contributed by atoms with van der Waals surface area (Å²) in [6.45, 7) is 2.59. The van der Waals surface area contributed by atoms with E-state index in [1.54, 1.807) is 0 Å². The summed E-state index contributed by atoms with van der Waals surface area (Å²) in [7, 11) is 0. The van der Waals surface area contributed by atoms with Crippen LogP contribution in [-0.2, 0) is 6.54 Å². The molecular formula is C13H14N2. The first-order valence-electron chi connectivity index (χ1n) is 5.02. The monoisotopic (exact) mass is 198 g/mol. The summed E-state index contributed by atoms with van der Waals surface area (Å²) in [5.74, 6) is 0. The maximum Gasteiger partial charge on any atom is 0.0319 e. The Morgan fingerprint density at radius 1 is 1.13 bits per heavy atom. The van der Waals surface area contributed by atoms with Crippen LogP contribution in [0.5, 0.6) is 0 Å². The number of hydrogen-bond acceptors (Lipinski definition) is 2. The Labute approximate surface area is 89.8 Å². The van der Waals surface area contributed by atoms with Gasteiger partial charge in [-0.05, 0) is 29.2 Å². The van der Waals surface area contributed by atoms with E-state index in [0.29, 0.717) is 6.54 Å². The van der Waals surface area contributed by atoms with Gasteiger partial charge in [-0.25, -0.2) is 0 Å². The van der Waals surface area contributed by atoms with E-state index in [0.717, 1.165) is 5.56 Å². The molecule has 1 aromatic heterocycles. The number of nitrogens with two attached hydrogens (primary N) is 1. The van der Waals surface area contributed by atoms with Gasteiger partial charge in [0.2, 0.25) is 0 Å². The number of nitrogens with zero attached hydrogens (tertiary/aromatic N) is 1. The zero-order valence-electron chi connectivity index (χ0n) is 8.77. The maximum atomic E-state index is 5.72. The highest BCUT2D eigenvalue weighted by molar-refractivity contribution is 5.70. The first-order chi connectivity index (χ1) is 7.33. The average Bonchev–Trinajstić information content (AvgIpc) is 2.29. The molecule has 0 spiro atoms. The van der Waals surface area contributed by atoms with Crippen LogP contribution in [0.3, 0.4) is 0 Å². The van der Waals surface area contributed by atoms with Crippen molar-refractivity contribution in [2.45, 2.75) is 13.5 Å². The fourth-order valence-electron chi connectivity index (χ4n) is 1.79. The molecule has 1 heterocycles. The third kappa shape index (κ3) is 1.90. The summed E-state index contributed by atoms with van der Waals surface area (Å²) < 4.78 is 0. The Morgan fingerprint density at radius 3 is 2.53 bits per heavy atom. The van der Waals surface area contributed by atoms with Crippen molar-refractivity contribution in [3.8, 4) is 11.1 Å². The second kappa shape index (κ2) is 4.24. The van der Waals surface area contributed by atoms with Gasteiger partial charge in [0, 0.05) is 18.9 Å². The predicted molar refractivity (Wildman–Crippen MR) is 62.3 cm³/mol. The van der Waals surface area contributed by atoms with E-state index in [9.17, 15) is 0 Å². The van der Waals surface area contributed by atoms with Crippen molar-refractivity contribution < 1.29 is 0 Å². The molecule has 2 N–H and O–H groups in total. The van der Waals surface area contributed by atoms with Crippen LogP contribution >= 0.6 is 0 Å². The van der Waals surface area contributed by atoms with Crippen molar-refractivity contribution >= 4 is 0 Å². The molecule has 0 aliphatic heterocycles. The van der Waals surface area contributed by atoms with Crippen LogP contribution in [0.15, 0.2) is 42.7 Å². The summed E-state index contributed by atoms with van der Waals surface area (Å²) in [5, 5.41) is 0. The van der Waals surface area contributed by atoms with Gasteiger partial charge in [0.15, 0.2) is 0 Å². The summed E-state index contributed by atoms with van der Waals surface area (Å²) in [6, 6.07) is 10.3. The molecule has 2 heteroatoms. The van der Waals surface area contributed by atoms with E-state index in [-0.39, 0.29) is 0 Å². The molecule has 0 aliphatic rings. The normalized spacial score (nSPS) is 10.3. The van der Waals surface area contributed by atoms with Crippen molar-refractivity contribution in [3.05, 3.63) is 53.9 Å². The second-order valence-corrected chi connectivity index (χ2v) is 3.56. The van der Waals surface area contributed by atoms with Gasteiger partial charge in [-0.1, -0.05) is 30.3 Å². The number of rotatable bonds is 2. The highest BCUT2D eigenvalue weighted by Crippen LogP contribution is 2.25. The van der Waals surface area contributed by atoms with Crippen LogP contribution in [0.25, 0.3) is 11.1 Å². The van der Waals surface area contributed by atoms with E-state index in [4.69, 9.17) is 5.73 Å². The summed E-state index contributed by atoms with van der Waals surface area (Å²) in [4.78, 5) is 4.16. The smallest absolute Gasteiger partial charge is 0.0319 e. The standard InChI is InChI=1S/C13H14N2/c1-10-8-15-9-12(7-14)13(10)11-5-3-2-4-6-11/h2-6,8-9H,7,14H2,1H3. The van der Waals surface area contributed by atoms with Gasteiger partial charge in [-0.2, -0.15) is 0 Å². The van der Waals surface area contributed by atoms with Crippen LogP contribution in [-0.4, -0.2) is 4.98 Å². The molecule has 76 valence electrons. The molecule has 2 aromatic rings. The Kier molecular flexibility index (Phi) is 2.79. The molecule has 0 aliphatic carbocycles. The van der Waals surface area contributed by atoms with Crippen molar-refractivity contribution in [1.29, 1.82) is 0 Å². The number of aromatic nitrogens is 1. The number of hydrogen-bond donors (Lipinski definition) is 1. The zero-order valence-corrected chi connectivity index (χ0v) is 8.77. The van der Waals surface area contributed by atoms with Crippen LogP contribution < -0.4 is 5.73 Å². The second-order valence-electron chi connectivity index (χ2n) is 3.56. The summed E-state index contributed by atoms with van der Waals surface area (Å²) in [6.07, 6.45) is 3.72. The fourth-order valence-corrected chi connectivity index (χ4v) is 1.79. The lowest BCUT2D eigenvalue weighted by molar-refractivity contribution is 1.04. The van der Waals surface area contributed by atoms with Crippen molar-refractivity contribution in [3.63, 3.8) is 0 Å². The summed E-state index contributed by atoms with van der Waals surface area (Å²) in [5.41, 5.74) is 10.4. The minimum atomic E-state index is 0.527. The lowest BCUT2D eigenvalue weighted by Gasteiger charge is -2.10. The molecule has 1 aromatic carbocycles. The molecule has 0 atom stereocenters. The SMILES string of the molecule is Cc1cncc(CN)c1-c1ccccc1. The zero-order chi connectivity index (χ0) is 10.7. The molecule has 0 bridgehead atoms. The molecular weight excluding hydrogens is 184 g/mol. The average molecular weight is 198 g/mol. The van der Waals surface area contributed by atoms with E-state index in [1.807, 2.05) is 30.6 Å². The van der Waals surface area contributed by atoms with Gasteiger partial charge in [-0.3, -0.25) is 4.98 Å². The highest BCUT2D eigenvalue weighted by atomic mass is 14.6. The van der Waals surface area contributed by atoms with Crippen molar-refractivity contribution in [2.75, 3.05) is 0 Å². The molecule has 0 saturated carbocycles. The third-order valence-electron chi connectivity index (χ3n) is 2.50. The van der Waals surface area contributed by atoms with Gasteiger partial charge in [-0.15, -0.1) is 0 Å².